The van der Waals surface area contributed by atoms with Gasteiger partial charge in [-0.1, -0.05) is 0 Å². The fraction of sp³-hybridized carbons (Fsp3) is 0.333. The maximum Gasteiger partial charge on any atom is -1.00 e. The topological polar surface area (TPSA) is 0 Å². The van der Waals surface area contributed by atoms with E-state index in [9.17, 15) is 0 Å². The predicted octanol–water partition coefficient (Wildman–Crippen LogP) is 0.551. The maximum atomic E-state index is 2.62. The van der Waals surface area contributed by atoms with E-state index in [-0.39, 0.29) is 44.0 Å². The number of halogens is 2. The van der Waals surface area contributed by atoms with E-state index in [1.807, 2.05) is 0 Å². The van der Waals surface area contributed by atoms with Gasteiger partial charge in [-0.3, -0.25) is 0 Å². The van der Waals surface area contributed by atoms with Crippen LogP contribution in [0.25, 0.3) is 10.4 Å². The number of hydrogen-bond acceptors (Lipinski definition) is 0. The number of allylic oxidation sites excluding steroid dienone is 2. The summed E-state index contributed by atoms with van der Waals surface area (Å²) in [6.45, 7) is 14.8. The standard InChI is InChI=1S/C24H26Si.2ClH.Ti/c1-15-9-7-11-19-13-17(3)23(21(15)19)25(5,6)24-18(4)14-20-12-8-10-16(2)22(20)24;;;/h7-14H,1-6H3;2*1H;/q;;;+2/p-2. The van der Waals surface area contributed by atoms with E-state index in [0.29, 0.717) is 0 Å². The van der Waals surface area contributed by atoms with Crippen molar-refractivity contribution >= 4 is 18.5 Å². The van der Waals surface area contributed by atoms with Crippen LogP contribution in [0.3, 0.4) is 0 Å². The number of hydrogen-bond donors (Lipinski definition) is 0. The second-order valence-corrected chi connectivity index (χ2v) is 15.4. The van der Waals surface area contributed by atoms with Crippen LogP contribution in [0.15, 0.2) is 47.5 Å². The van der Waals surface area contributed by atoms with Crippen molar-refractivity contribution in [3.8, 4) is 0 Å². The van der Waals surface area contributed by atoms with Crippen molar-refractivity contribution in [1.82, 2.24) is 0 Å². The first-order chi connectivity index (χ1) is 12.3. The van der Waals surface area contributed by atoms with Crippen molar-refractivity contribution in [1.29, 1.82) is 0 Å². The molecule has 4 heteroatoms. The first-order valence-electron chi connectivity index (χ1n) is 9.72. The summed E-state index contributed by atoms with van der Waals surface area (Å²) < 4.78 is 1.44. The molecule has 1 aliphatic heterocycles. The monoisotopic (exact) mass is 460 g/mol. The third-order valence-corrected chi connectivity index (χ3v) is 14.1. The van der Waals surface area contributed by atoms with Gasteiger partial charge >= 0.3 is 168 Å². The molecule has 0 nitrogen and oxygen atoms in total. The summed E-state index contributed by atoms with van der Waals surface area (Å²) in [5.74, 6) is 0. The SMILES string of the molecule is CC1=C2c3c(C)cccc3[CH]1[Ti+2][CH]1C(C)=C(c3c(C)cccc31)[Si]2(C)C.[Cl-].[Cl-]. The van der Waals surface area contributed by atoms with Gasteiger partial charge in [0, 0.05) is 0 Å². The quantitative estimate of drug-likeness (QED) is 0.503. The molecule has 0 N–H and O–H groups in total. The van der Waals surface area contributed by atoms with Gasteiger partial charge in [0.1, 0.15) is 0 Å². The van der Waals surface area contributed by atoms with Crippen molar-refractivity contribution in [3.63, 3.8) is 0 Å². The van der Waals surface area contributed by atoms with Crippen LogP contribution in [0.5, 0.6) is 0 Å². The van der Waals surface area contributed by atoms with Crippen LogP contribution in [-0.4, -0.2) is 8.07 Å². The Kier molecular flexibility index (Phi) is 5.76. The van der Waals surface area contributed by atoms with Gasteiger partial charge in [-0.05, 0) is 0 Å². The number of rotatable bonds is 0. The molecule has 2 aromatic rings. The van der Waals surface area contributed by atoms with Gasteiger partial charge in [0.05, 0.1) is 0 Å². The largest absolute Gasteiger partial charge is 1.00 e. The van der Waals surface area contributed by atoms with E-state index in [1.165, 1.54) is 11.1 Å². The molecule has 144 valence electrons. The van der Waals surface area contributed by atoms with E-state index >= 15 is 0 Å². The van der Waals surface area contributed by atoms with Gasteiger partial charge in [0.15, 0.2) is 0 Å². The summed E-state index contributed by atoms with van der Waals surface area (Å²) in [5.41, 5.74) is 13.0. The van der Waals surface area contributed by atoms with Gasteiger partial charge in [0.25, 0.3) is 0 Å². The Labute approximate surface area is 191 Å². The van der Waals surface area contributed by atoms with E-state index in [4.69, 9.17) is 0 Å². The maximum absolute atomic E-state index is 2.62. The zero-order chi connectivity index (χ0) is 18.4. The van der Waals surface area contributed by atoms with Crippen LogP contribution in [0, 0.1) is 13.8 Å². The van der Waals surface area contributed by atoms with Gasteiger partial charge in [0.2, 0.25) is 0 Å². The molecule has 4 bridgehead atoms. The number of benzene rings is 2. The molecule has 0 aromatic heterocycles. The van der Waals surface area contributed by atoms with Gasteiger partial charge in [-0.15, -0.1) is 0 Å². The average molecular weight is 461 g/mol. The minimum atomic E-state index is -1.76. The Morgan fingerprint density at radius 2 is 1.07 bits per heavy atom. The second kappa shape index (κ2) is 7.29. The van der Waals surface area contributed by atoms with Crippen LogP contribution in [0.4, 0.5) is 0 Å². The number of aryl methyl sites for hydroxylation is 2. The van der Waals surface area contributed by atoms with Crippen LogP contribution in [0.1, 0.15) is 55.7 Å². The van der Waals surface area contributed by atoms with Gasteiger partial charge < -0.3 is 24.8 Å². The van der Waals surface area contributed by atoms with Crippen molar-refractivity contribution in [2.75, 3.05) is 0 Å². The van der Waals surface area contributed by atoms with Crippen molar-refractivity contribution in [2.24, 2.45) is 0 Å². The van der Waals surface area contributed by atoms with Crippen molar-refractivity contribution in [3.05, 3.63) is 80.9 Å². The molecule has 28 heavy (non-hydrogen) atoms. The molecule has 2 aromatic carbocycles. The number of fused-ring (bicyclic) bond motifs is 8. The summed E-state index contributed by atoms with van der Waals surface area (Å²) >= 11 is -0.167. The van der Waals surface area contributed by atoms with Crippen LogP contribution < -0.4 is 24.8 Å². The van der Waals surface area contributed by atoms with E-state index in [2.05, 4.69) is 77.2 Å². The summed E-state index contributed by atoms with van der Waals surface area (Å²) in [4.78, 5) is 0. The summed E-state index contributed by atoms with van der Waals surface area (Å²) in [6, 6.07) is 14.1. The molecule has 2 atom stereocenters. The van der Waals surface area contributed by atoms with Crippen LogP contribution >= 0.6 is 0 Å². The van der Waals surface area contributed by atoms with Gasteiger partial charge in [-0.2, -0.15) is 0 Å². The molecule has 3 aliphatic rings. The Bertz CT molecular complexity index is 967. The Morgan fingerprint density at radius 3 is 1.46 bits per heavy atom. The van der Waals surface area contributed by atoms with Crippen LogP contribution in [0.2, 0.25) is 13.1 Å². The van der Waals surface area contributed by atoms with Crippen molar-refractivity contribution in [2.45, 2.75) is 49.2 Å². The molecule has 0 amide bonds. The zero-order valence-electron chi connectivity index (χ0n) is 17.4. The first-order valence-corrected chi connectivity index (χ1v) is 14.5. The van der Waals surface area contributed by atoms with Crippen LogP contribution in [-0.2, 0) is 19.2 Å². The molecule has 0 fully saturated rings. The third-order valence-electron chi connectivity index (χ3n) is 6.97. The normalized spacial score (nSPS) is 22.8. The molecule has 0 radical (unpaired) electrons. The minimum absolute atomic E-state index is 0. The summed E-state index contributed by atoms with van der Waals surface area (Å²) in [7, 11) is -1.76. The Morgan fingerprint density at radius 1 is 0.679 bits per heavy atom. The van der Waals surface area contributed by atoms with E-state index in [0.717, 1.165) is 8.45 Å². The molecule has 0 spiro atoms. The van der Waals surface area contributed by atoms with E-state index < -0.39 is 8.07 Å². The Hall–Kier alpha value is -0.569. The molecule has 2 aliphatic carbocycles. The molecule has 5 rings (SSSR count). The fourth-order valence-electron chi connectivity index (χ4n) is 6.03. The summed E-state index contributed by atoms with van der Waals surface area (Å²) in [5, 5.41) is 3.53. The molecule has 0 saturated carbocycles. The predicted molar refractivity (Wildman–Crippen MR) is 111 cm³/mol. The van der Waals surface area contributed by atoms with Crippen molar-refractivity contribution < 1.29 is 44.0 Å². The molecule has 0 saturated heterocycles. The summed E-state index contributed by atoms with van der Waals surface area (Å²) in [6.07, 6.45) is 0. The average Bonchev–Trinajstić information content (AvgIpc) is 3.05. The minimum Gasteiger partial charge on any atom is -1.00 e. The molecular formula is C24H26Cl2SiTi. The zero-order valence-corrected chi connectivity index (χ0v) is 21.4. The third kappa shape index (κ3) is 2.67. The second-order valence-electron chi connectivity index (χ2n) is 8.85. The van der Waals surface area contributed by atoms with E-state index in [1.54, 1.807) is 43.8 Å². The molecule has 2 unspecified atom stereocenters. The molecular weight excluding hydrogens is 435 g/mol. The first kappa shape index (κ1) is 22.1. The van der Waals surface area contributed by atoms with Gasteiger partial charge in [-0.25, -0.2) is 0 Å². The fourth-order valence-corrected chi connectivity index (χ4v) is 14.0. The Balaban J connectivity index is 0.00000112. The molecule has 1 heterocycles. The smallest absolute Gasteiger partial charge is 1.00 e.